The van der Waals surface area contributed by atoms with Crippen molar-refractivity contribution in [3.8, 4) is 0 Å². The average molecular weight is 374 g/mol. The number of amides is 1. The third kappa shape index (κ3) is 3.77. The molecule has 1 N–H and O–H groups in total. The molecule has 1 aromatic carbocycles. The zero-order chi connectivity index (χ0) is 19.0. The Morgan fingerprint density at radius 2 is 1.81 bits per heavy atom. The molecule has 148 valence electrons. The predicted molar refractivity (Wildman–Crippen MR) is 105 cm³/mol. The van der Waals surface area contributed by atoms with Crippen LogP contribution in [0.25, 0.3) is 0 Å². The van der Waals surface area contributed by atoms with Gasteiger partial charge in [0.15, 0.2) is 0 Å². The van der Waals surface area contributed by atoms with Crippen LogP contribution in [-0.2, 0) is 4.79 Å². The van der Waals surface area contributed by atoms with Crippen LogP contribution in [0, 0.1) is 11.7 Å². The molecular formula is C22H32FN3O. The molecule has 1 aromatic rings. The van der Waals surface area contributed by atoms with Gasteiger partial charge in [-0.2, -0.15) is 0 Å². The summed E-state index contributed by atoms with van der Waals surface area (Å²) < 4.78 is 13.5. The number of likely N-dealkylation sites (tertiary alicyclic amines) is 2. The molecule has 5 heteroatoms. The van der Waals surface area contributed by atoms with Crippen LogP contribution in [0.2, 0.25) is 0 Å². The van der Waals surface area contributed by atoms with Crippen LogP contribution in [0.15, 0.2) is 24.3 Å². The Labute approximate surface area is 162 Å². The minimum atomic E-state index is -0.194. The van der Waals surface area contributed by atoms with Gasteiger partial charge in [-0.05, 0) is 76.7 Å². The molecule has 0 bridgehead atoms. The first-order valence-corrected chi connectivity index (χ1v) is 10.6. The molecule has 1 amide bonds. The highest BCUT2D eigenvalue weighted by atomic mass is 19.1. The van der Waals surface area contributed by atoms with Gasteiger partial charge >= 0.3 is 0 Å². The maximum absolute atomic E-state index is 13.5. The fourth-order valence-electron chi connectivity index (χ4n) is 5.46. The Balaban J connectivity index is 1.61. The maximum atomic E-state index is 13.5. The van der Waals surface area contributed by atoms with Crippen molar-refractivity contribution in [3.63, 3.8) is 0 Å². The summed E-state index contributed by atoms with van der Waals surface area (Å²) in [6, 6.07) is 8.59. The highest BCUT2D eigenvalue weighted by Gasteiger charge is 2.48. The molecule has 27 heavy (non-hydrogen) atoms. The van der Waals surface area contributed by atoms with E-state index in [0.29, 0.717) is 18.1 Å². The van der Waals surface area contributed by atoms with Crippen molar-refractivity contribution in [2.45, 2.75) is 70.1 Å². The second-order valence-electron chi connectivity index (χ2n) is 8.72. The van der Waals surface area contributed by atoms with Gasteiger partial charge in [-0.3, -0.25) is 9.69 Å². The largest absolute Gasteiger partial charge is 0.356 e. The van der Waals surface area contributed by atoms with E-state index in [1.807, 2.05) is 12.1 Å². The lowest BCUT2D eigenvalue weighted by atomic mass is 9.94. The lowest BCUT2D eigenvalue weighted by Crippen LogP contribution is -2.50. The minimum absolute atomic E-state index is 0.0608. The fourth-order valence-corrected chi connectivity index (χ4v) is 5.46. The van der Waals surface area contributed by atoms with Crippen molar-refractivity contribution < 1.29 is 9.18 Å². The fraction of sp³-hybridized carbons (Fsp3) is 0.682. The van der Waals surface area contributed by atoms with Gasteiger partial charge in [-0.15, -0.1) is 0 Å². The van der Waals surface area contributed by atoms with E-state index in [9.17, 15) is 9.18 Å². The Kier molecular flexibility index (Phi) is 5.51. The SMILES string of the molecule is CC(C)N1CCC(N2[C@H](c3ccc(F)cc3)C[C@H]3C(=O)NCCC[C@@H]32)CC1. The average Bonchev–Trinajstić information content (AvgIpc) is 2.96. The van der Waals surface area contributed by atoms with Crippen LogP contribution in [0.5, 0.6) is 0 Å². The number of halogens is 1. The standard InChI is InChI=1S/C22H32FN3O/c1-15(2)25-12-9-18(10-13-25)26-20-4-3-11-24-22(27)19(20)14-21(26)16-5-7-17(23)8-6-16/h5-8,15,18-21H,3-4,9-14H2,1-2H3,(H,24,27)/t19-,20+,21+/m1/s1. The number of piperidine rings is 1. The smallest absolute Gasteiger partial charge is 0.224 e. The third-order valence-corrected chi connectivity index (χ3v) is 6.90. The summed E-state index contributed by atoms with van der Waals surface area (Å²) >= 11 is 0. The van der Waals surface area contributed by atoms with Crippen LogP contribution in [0.1, 0.15) is 57.6 Å². The zero-order valence-corrected chi connectivity index (χ0v) is 16.5. The molecule has 0 saturated carbocycles. The van der Waals surface area contributed by atoms with E-state index in [4.69, 9.17) is 0 Å². The van der Waals surface area contributed by atoms with Crippen LogP contribution in [-0.4, -0.2) is 53.5 Å². The van der Waals surface area contributed by atoms with Gasteiger partial charge in [0.2, 0.25) is 5.91 Å². The molecular weight excluding hydrogens is 341 g/mol. The summed E-state index contributed by atoms with van der Waals surface area (Å²) in [5.41, 5.74) is 1.16. The molecule has 3 aliphatic rings. The maximum Gasteiger partial charge on any atom is 0.224 e. The Morgan fingerprint density at radius 3 is 2.48 bits per heavy atom. The number of rotatable bonds is 3. The van der Waals surface area contributed by atoms with Crippen molar-refractivity contribution in [2.24, 2.45) is 5.92 Å². The van der Waals surface area contributed by atoms with E-state index < -0.39 is 0 Å². The number of hydrogen-bond acceptors (Lipinski definition) is 3. The van der Waals surface area contributed by atoms with Crippen molar-refractivity contribution >= 4 is 5.91 Å². The first kappa shape index (κ1) is 18.9. The van der Waals surface area contributed by atoms with E-state index in [0.717, 1.165) is 57.3 Å². The highest BCUT2D eigenvalue weighted by Crippen LogP contribution is 2.45. The first-order valence-electron chi connectivity index (χ1n) is 10.6. The normalized spacial score (nSPS) is 31.0. The van der Waals surface area contributed by atoms with Crippen LogP contribution in [0.3, 0.4) is 0 Å². The molecule has 0 spiro atoms. The summed E-state index contributed by atoms with van der Waals surface area (Å²) in [6.07, 6.45) is 5.28. The monoisotopic (exact) mass is 373 g/mol. The van der Waals surface area contributed by atoms with Crippen LogP contribution >= 0.6 is 0 Å². The van der Waals surface area contributed by atoms with Gasteiger partial charge in [0.25, 0.3) is 0 Å². The van der Waals surface area contributed by atoms with Crippen LogP contribution in [0.4, 0.5) is 4.39 Å². The zero-order valence-electron chi connectivity index (χ0n) is 16.5. The summed E-state index contributed by atoms with van der Waals surface area (Å²) in [6.45, 7) is 7.58. The van der Waals surface area contributed by atoms with Crippen molar-refractivity contribution in [2.75, 3.05) is 19.6 Å². The number of hydrogen-bond donors (Lipinski definition) is 1. The quantitative estimate of drug-likeness (QED) is 0.883. The summed E-state index contributed by atoms with van der Waals surface area (Å²) in [7, 11) is 0. The van der Waals surface area contributed by atoms with Gasteiger partial charge in [0, 0.05) is 30.7 Å². The Bertz CT molecular complexity index is 654. The van der Waals surface area contributed by atoms with E-state index >= 15 is 0 Å². The number of benzene rings is 1. The van der Waals surface area contributed by atoms with E-state index in [1.165, 1.54) is 0 Å². The molecule has 3 atom stereocenters. The molecule has 3 fully saturated rings. The Hall–Kier alpha value is -1.46. The molecule has 0 aliphatic carbocycles. The van der Waals surface area contributed by atoms with Gasteiger partial charge < -0.3 is 10.2 Å². The predicted octanol–water partition coefficient (Wildman–Crippen LogP) is 3.34. The topological polar surface area (TPSA) is 35.6 Å². The van der Waals surface area contributed by atoms with Gasteiger partial charge in [0.1, 0.15) is 5.82 Å². The summed E-state index contributed by atoms with van der Waals surface area (Å²) in [4.78, 5) is 17.9. The van der Waals surface area contributed by atoms with E-state index in [1.54, 1.807) is 12.1 Å². The molecule has 4 rings (SSSR count). The number of carbonyl (C=O) groups excluding carboxylic acids is 1. The van der Waals surface area contributed by atoms with E-state index in [-0.39, 0.29) is 23.7 Å². The minimum Gasteiger partial charge on any atom is -0.356 e. The molecule has 3 saturated heterocycles. The molecule has 3 heterocycles. The highest BCUT2D eigenvalue weighted by molar-refractivity contribution is 5.80. The lowest BCUT2D eigenvalue weighted by molar-refractivity contribution is -0.125. The second kappa shape index (κ2) is 7.88. The molecule has 4 nitrogen and oxygen atoms in total. The van der Waals surface area contributed by atoms with Gasteiger partial charge in [0.05, 0.1) is 5.92 Å². The summed E-state index contributed by atoms with van der Waals surface area (Å²) in [5.74, 6) is 0.0814. The number of nitrogens with zero attached hydrogens (tertiary/aromatic N) is 2. The molecule has 0 unspecified atom stereocenters. The Morgan fingerprint density at radius 1 is 1.11 bits per heavy atom. The molecule has 0 aromatic heterocycles. The second-order valence-corrected chi connectivity index (χ2v) is 8.72. The molecule has 0 radical (unpaired) electrons. The lowest BCUT2D eigenvalue weighted by Gasteiger charge is -2.43. The number of fused-ring (bicyclic) bond motifs is 1. The van der Waals surface area contributed by atoms with Crippen molar-refractivity contribution in [1.82, 2.24) is 15.1 Å². The first-order chi connectivity index (χ1) is 13.0. The summed E-state index contributed by atoms with van der Waals surface area (Å²) in [5, 5.41) is 3.11. The van der Waals surface area contributed by atoms with Crippen molar-refractivity contribution in [3.05, 3.63) is 35.6 Å². The molecule has 3 aliphatic heterocycles. The van der Waals surface area contributed by atoms with E-state index in [2.05, 4.69) is 29.0 Å². The van der Waals surface area contributed by atoms with Crippen molar-refractivity contribution in [1.29, 1.82) is 0 Å². The number of carbonyl (C=O) groups is 1. The van der Waals surface area contributed by atoms with Gasteiger partial charge in [-0.25, -0.2) is 4.39 Å². The van der Waals surface area contributed by atoms with Crippen LogP contribution < -0.4 is 5.32 Å². The third-order valence-electron chi connectivity index (χ3n) is 6.90. The van der Waals surface area contributed by atoms with Gasteiger partial charge in [-0.1, -0.05) is 12.1 Å². The number of nitrogens with one attached hydrogen (secondary N) is 1.